The van der Waals surface area contributed by atoms with Gasteiger partial charge in [0, 0.05) is 42.8 Å². The number of aliphatic carboxylic acids is 1. The summed E-state index contributed by atoms with van der Waals surface area (Å²) < 4.78 is 11.5. The lowest BCUT2D eigenvalue weighted by Gasteiger charge is -2.34. The molecule has 1 aliphatic carbocycles. The summed E-state index contributed by atoms with van der Waals surface area (Å²) in [5, 5.41) is 9.84. The van der Waals surface area contributed by atoms with E-state index >= 15 is 0 Å². The molecule has 1 N–H and O–H groups in total. The first-order valence-corrected chi connectivity index (χ1v) is 14.1. The zero-order valence-corrected chi connectivity index (χ0v) is 24.2. The van der Waals surface area contributed by atoms with Gasteiger partial charge in [0.15, 0.2) is 5.78 Å². The number of piperidine rings is 1. The molecule has 8 heteroatoms. The number of aromatic nitrogens is 2. The predicted octanol–water partition coefficient (Wildman–Crippen LogP) is 6.00. The summed E-state index contributed by atoms with van der Waals surface area (Å²) in [6.07, 6.45) is 6.40. The van der Waals surface area contributed by atoms with E-state index in [0.29, 0.717) is 41.6 Å². The Morgan fingerprint density at radius 2 is 1.77 bits per heavy atom. The Morgan fingerprint density at radius 3 is 2.36 bits per heavy atom. The third-order valence-electron chi connectivity index (χ3n) is 8.72. The Morgan fingerprint density at radius 1 is 1.08 bits per heavy atom. The van der Waals surface area contributed by atoms with Gasteiger partial charge in [-0.15, -0.1) is 0 Å². The van der Waals surface area contributed by atoms with Crippen LogP contribution in [-0.2, 0) is 4.79 Å². The minimum atomic E-state index is -0.854. The number of ketones is 1. The highest BCUT2D eigenvalue weighted by Crippen LogP contribution is 2.52. The van der Waals surface area contributed by atoms with E-state index in [2.05, 4.69) is 14.9 Å². The summed E-state index contributed by atoms with van der Waals surface area (Å²) in [4.78, 5) is 36.6. The molecule has 0 radical (unpaired) electrons. The number of carbonyl (C=O) groups is 2. The molecule has 8 nitrogen and oxygen atoms in total. The van der Waals surface area contributed by atoms with Gasteiger partial charge in [0.25, 0.3) is 0 Å². The van der Waals surface area contributed by atoms with E-state index in [0.717, 1.165) is 50.8 Å². The van der Waals surface area contributed by atoms with Gasteiger partial charge in [-0.3, -0.25) is 9.59 Å². The van der Waals surface area contributed by atoms with Crippen molar-refractivity contribution in [2.75, 3.05) is 31.7 Å². The van der Waals surface area contributed by atoms with Crippen molar-refractivity contribution in [1.29, 1.82) is 0 Å². The van der Waals surface area contributed by atoms with Crippen LogP contribution < -0.4 is 14.4 Å². The largest absolute Gasteiger partial charge is 0.481 e. The first-order chi connectivity index (χ1) is 18.5. The number of carboxylic acids is 1. The third kappa shape index (κ3) is 6.36. The first-order valence-electron chi connectivity index (χ1n) is 14.1. The van der Waals surface area contributed by atoms with E-state index in [1.807, 2.05) is 52.8 Å². The average molecular weight is 538 g/mol. The molecule has 1 atom stereocenters. The van der Waals surface area contributed by atoms with E-state index in [1.54, 1.807) is 19.4 Å². The Hall–Kier alpha value is -3.16. The summed E-state index contributed by atoms with van der Waals surface area (Å²) in [6, 6.07) is 7.46. The van der Waals surface area contributed by atoms with Gasteiger partial charge in [-0.05, 0) is 75.5 Å². The molecule has 3 heterocycles. The minimum Gasteiger partial charge on any atom is -0.481 e. The van der Waals surface area contributed by atoms with Crippen LogP contribution in [0.5, 0.6) is 11.8 Å². The first kappa shape index (κ1) is 28.8. The number of methoxy groups -OCH3 is 1. The lowest BCUT2D eigenvalue weighted by Crippen LogP contribution is -2.37. The Labute approximate surface area is 232 Å². The highest BCUT2D eigenvalue weighted by atomic mass is 16.5. The van der Waals surface area contributed by atoms with Gasteiger partial charge in [-0.2, -0.15) is 4.98 Å². The molecule has 212 valence electrons. The minimum absolute atomic E-state index is 0.0615. The van der Waals surface area contributed by atoms with E-state index in [9.17, 15) is 14.7 Å². The second-order valence-corrected chi connectivity index (χ2v) is 12.3. The Bertz CT molecular complexity index is 1180. The van der Waals surface area contributed by atoms with Gasteiger partial charge in [-0.1, -0.05) is 20.8 Å². The number of nitrogens with zero attached hydrogens (tertiary/aromatic N) is 3. The molecule has 2 aromatic rings. The van der Waals surface area contributed by atoms with Gasteiger partial charge < -0.3 is 19.5 Å². The van der Waals surface area contributed by atoms with Crippen molar-refractivity contribution >= 4 is 17.6 Å². The zero-order valence-electron chi connectivity index (χ0n) is 24.2. The standard InChI is InChI=1S/C31H43N3O5/c1-7-30(2,3)27(35)23-10-11-24(38-6)33-28(23)34-16-13-20(14-17-34)19-39-25-18-22(12-15-32-25)26(21-8-9-21)31(4,5)29(36)37/h10-12,15,18,20-21,26H,7-9,13-14,16-17,19H2,1-6H3,(H,36,37)/t26-/m0/s1. The summed E-state index contributed by atoms with van der Waals surface area (Å²) >= 11 is 0. The molecule has 39 heavy (non-hydrogen) atoms. The van der Waals surface area contributed by atoms with Gasteiger partial charge in [0.05, 0.1) is 24.7 Å². The van der Waals surface area contributed by atoms with Crippen LogP contribution in [0.2, 0.25) is 0 Å². The molecule has 2 fully saturated rings. The monoisotopic (exact) mass is 537 g/mol. The molecule has 0 amide bonds. The average Bonchev–Trinajstić information content (AvgIpc) is 3.76. The highest BCUT2D eigenvalue weighted by Gasteiger charge is 2.46. The van der Waals surface area contributed by atoms with Crippen molar-refractivity contribution < 1.29 is 24.2 Å². The predicted molar refractivity (Wildman–Crippen MR) is 151 cm³/mol. The van der Waals surface area contributed by atoms with Crippen molar-refractivity contribution in [2.45, 2.75) is 72.6 Å². The normalized spacial score (nSPS) is 17.5. The van der Waals surface area contributed by atoms with Crippen LogP contribution in [-0.4, -0.2) is 53.6 Å². The number of ether oxygens (including phenoxy) is 2. The summed E-state index contributed by atoms with van der Waals surface area (Å²) in [6.45, 7) is 11.7. The molecular formula is C31H43N3O5. The molecule has 4 rings (SSSR count). The molecular weight excluding hydrogens is 494 g/mol. The lowest BCUT2D eigenvalue weighted by atomic mass is 9.72. The van der Waals surface area contributed by atoms with E-state index in [1.165, 1.54) is 0 Å². The fraction of sp³-hybridized carbons (Fsp3) is 0.613. The number of anilines is 1. The quantitative estimate of drug-likeness (QED) is 0.329. The van der Waals surface area contributed by atoms with Crippen LogP contribution in [0.15, 0.2) is 30.5 Å². The fourth-order valence-corrected chi connectivity index (χ4v) is 5.54. The Balaban J connectivity index is 1.41. The van der Waals surface area contributed by atoms with Crippen LogP contribution in [0, 0.1) is 22.7 Å². The lowest BCUT2D eigenvalue weighted by molar-refractivity contribution is -0.148. The molecule has 0 unspecified atom stereocenters. The number of pyridine rings is 2. The van der Waals surface area contributed by atoms with Crippen molar-refractivity contribution in [1.82, 2.24) is 9.97 Å². The maximum atomic E-state index is 13.3. The van der Waals surface area contributed by atoms with Crippen LogP contribution >= 0.6 is 0 Å². The van der Waals surface area contributed by atoms with Gasteiger partial charge in [0.1, 0.15) is 5.82 Å². The second-order valence-electron chi connectivity index (χ2n) is 12.3. The number of Topliss-reactive ketones (excluding diaryl/α,β-unsaturated/α-hetero) is 1. The number of carboxylic acid groups (broad SMARTS) is 1. The van der Waals surface area contributed by atoms with Crippen molar-refractivity contribution in [3.8, 4) is 11.8 Å². The molecule has 0 aromatic carbocycles. The summed E-state index contributed by atoms with van der Waals surface area (Å²) in [7, 11) is 1.59. The van der Waals surface area contributed by atoms with Crippen molar-refractivity contribution in [3.63, 3.8) is 0 Å². The maximum Gasteiger partial charge on any atom is 0.309 e. The molecule has 1 saturated heterocycles. The molecule has 2 aliphatic rings. The van der Waals surface area contributed by atoms with Gasteiger partial charge in [-0.25, -0.2) is 4.98 Å². The highest BCUT2D eigenvalue weighted by molar-refractivity contribution is 6.04. The molecule has 0 spiro atoms. The molecule has 0 bridgehead atoms. The SMILES string of the molecule is CCC(C)(C)C(=O)c1ccc(OC)nc1N1CCC(COc2cc([C@H](C3CC3)C(C)(C)C(=O)O)ccn2)CC1. The summed E-state index contributed by atoms with van der Waals surface area (Å²) in [5.41, 5.74) is 0.318. The maximum absolute atomic E-state index is 13.3. The topological polar surface area (TPSA) is 102 Å². The zero-order chi connectivity index (χ0) is 28.4. The van der Waals surface area contributed by atoms with Crippen LogP contribution in [0.1, 0.15) is 88.6 Å². The molecule has 2 aromatic heterocycles. The Kier molecular flexibility index (Phi) is 8.52. The van der Waals surface area contributed by atoms with E-state index in [4.69, 9.17) is 9.47 Å². The number of hydrogen-bond acceptors (Lipinski definition) is 7. The van der Waals surface area contributed by atoms with Crippen LogP contribution in [0.25, 0.3) is 0 Å². The summed E-state index contributed by atoms with van der Waals surface area (Å²) in [5.74, 6) is 1.74. The van der Waals surface area contributed by atoms with Gasteiger partial charge in [0.2, 0.25) is 11.8 Å². The fourth-order valence-electron chi connectivity index (χ4n) is 5.54. The van der Waals surface area contributed by atoms with Crippen molar-refractivity contribution in [2.24, 2.45) is 22.7 Å². The van der Waals surface area contributed by atoms with Crippen molar-refractivity contribution in [3.05, 3.63) is 41.6 Å². The van der Waals surface area contributed by atoms with E-state index < -0.39 is 16.8 Å². The van der Waals surface area contributed by atoms with Gasteiger partial charge >= 0.3 is 5.97 Å². The number of carbonyl (C=O) groups excluding carboxylic acids is 1. The second kappa shape index (κ2) is 11.5. The van der Waals surface area contributed by atoms with Crippen LogP contribution in [0.3, 0.4) is 0 Å². The van der Waals surface area contributed by atoms with Crippen LogP contribution in [0.4, 0.5) is 5.82 Å². The third-order valence-corrected chi connectivity index (χ3v) is 8.72. The molecule has 1 saturated carbocycles. The molecule has 1 aliphatic heterocycles. The van der Waals surface area contributed by atoms with E-state index in [-0.39, 0.29) is 11.7 Å². The number of rotatable bonds is 12. The number of hydrogen-bond donors (Lipinski definition) is 1. The smallest absolute Gasteiger partial charge is 0.309 e.